The number of hydrogen-bond acceptors (Lipinski definition) is 5. The van der Waals surface area contributed by atoms with Crippen molar-refractivity contribution in [2.24, 2.45) is 0 Å². The maximum Gasteiger partial charge on any atom is 0.407 e. The summed E-state index contributed by atoms with van der Waals surface area (Å²) >= 11 is 6.95. The first kappa shape index (κ1) is 16.8. The lowest BCUT2D eigenvalue weighted by molar-refractivity contribution is 0.0205. The molecule has 2 unspecified atom stereocenters. The van der Waals surface area contributed by atoms with Crippen molar-refractivity contribution in [3.63, 3.8) is 0 Å². The van der Waals surface area contributed by atoms with Crippen LogP contribution in [0.2, 0.25) is 4.34 Å². The monoisotopic (exact) mass is 341 g/mol. The van der Waals surface area contributed by atoms with Gasteiger partial charge in [-0.1, -0.05) is 41.9 Å². The van der Waals surface area contributed by atoms with Crippen molar-refractivity contribution < 1.29 is 19.7 Å². The molecule has 1 amide bonds. The molecule has 3 N–H and O–H groups in total. The predicted molar refractivity (Wildman–Crippen MR) is 84.9 cm³/mol. The van der Waals surface area contributed by atoms with E-state index in [9.17, 15) is 15.0 Å². The van der Waals surface area contributed by atoms with Gasteiger partial charge in [-0.2, -0.15) is 0 Å². The number of carbonyl (C=O) groups excluding carboxylic acids is 1. The lowest BCUT2D eigenvalue weighted by atomic mass is 10.2. The molecule has 118 valence electrons. The Morgan fingerprint density at radius 3 is 2.59 bits per heavy atom. The fraction of sp³-hybridized carbons (Fsp3) is 0.267. The lowest BCUT2D eigenvalue weighted by Crippen LogP contribution is -2.35. The number of nitrogens with one attached hydrogen (secondary N) is 1. The van der Waals surface area contributed by atoms with Crippen molar-refractivity contribution in [1.82, 2.24) is 5.32 Å². The van der Waals surface area contributed by atoms with E-state index in [2.05, 4.69) is 5.32 Å². The first-order valence-electron chi connectivity index (χ1n) is 6.62. The molecule has 1 aromatic carbocycles. The molecule has 0 aliphatic carbocycles. The number of amides is 1. The van der Waals surface area contributed by atoms with E-state index >= 15 is 0 Å². The number of aliphatic hydroxyl groups excluding tert-OH is 2. The van der Waals surface area contributed by atoms with Crippen LogP contribution in [-0.2, 0) is 11.3 Å². The summed E-state index contributed by atoms with van der Waals surface area (Å²) in [5.41, 5.74) is 0.867. The normalized spacial score (nSPS) is 13.4. The van der Waals surface area contributed by atoms with Gasteiger partial charge in [0, 0.05) is 11.4 Å². The first-order chi connectivity index (χ1) is 10.6. The average Bonchev–Trinajstić information content (AvgIpc) is 2.97. The molecule has 2 atom stereocenters. The highest BCUT2D eigenvalue weighted by Gasteiger charge is 2.20. The van der Waals surface area contributed by atoms with Crippen LogP contribution >= 0.6 is 22.9 Å². The van der Waals surface area contributed by atoms with Crippen molar-refractivity contribution in [3.8, 4) is 0 Å². The smallest absolute Gasteiger partial charge is 0.407 e. The SMILES string of the molecule is O=C(NCC(O)C(O)c1ccc(Cl)s1)OCc1ccccc1. The molecule has 0 spiro atoms. The van der Waals surface area contributed by atoms with E-state index in [0.29, 0.717) is 9.21 Å². The van der Waals surface area contributed by atoms with Crippen molar-refractivity contribution in [2.45, 2.75) is 18.8 Å². The van der Waals surface area contributed by atoms with Gasteiger partial charge in [0.1, 0.15) is 18.8 Å². The number of aliphatic hydroxyl groups is 2. The molecule has 5 nitrogen and oxygen atoms in total. The zero-order chi connectivity index (χ0) is 15.9. The quantitative estimate of drug-likeness (QED) is 0.755. The van der Waals surface area contributed by atoms with Crippen LogP contribution < -0.4 is 5.32 Å². The molecule has 2 rings (SSSR count). The molecule has 0 aliphatic rings. The fourth-order valence-corrected chi connectivity index (χ4v) is 2.86. The summed E-state index contributed by atoms with van der Waals surface area (Å²) in [6.07, 6.45) is -2.90. The third kappa shape index (κ3) is 4.99. The van der Waals surface area contributed by atoms with Crippen molar-refractivity contribution >= 4 is 29.0 Å². The second kappa shape index (κ2) is 8.14. The van der Waals surface area contributed by atoms with Crippen LogP contribution in [0.25, 0.3) is 0 Å². The topological polar surface area (TPSA) is 78.8 Å². The summed E-state index contributed by atoms with van der Waals surface area (Å²) in [5.74, 6) is 0. The second-order valence-corrected chi connectivity index (χ2v) is 6.34. The van der Waals surface area contributed by atoms with Crippen LogP contribution in [0.4, 0.5) is 4.79 Å². The van der Waals surface area contributed by atoms with Gasteiger partial charge in [-0.15, -0.1) is 11.3 Å². The Morgan fingerprint density at radius 1 is 1.23 bits per heavy atom. The van der Waals surface area contributed by atoms with E-state index in [1.54, 1.807) is 12.1 Å². The maximum atomic E-state index is 11.5. The lowest BCUT2D eigenvalue weighted by Gasteiger charge is -2.17. The van der Waals surface area contributed by atoms with Gasteiger partial charge in [-0.25, -0.2) is 4.79 Å². The summed E-state index contributed by atoms with van der Waals surface area (Å²) in [5, 5.41) is 22.2. The van der Waals surface area contributed by atoms with E-state index < -0.39 is 18.3 Å². The van der Waals surface area contributed by atoms with Gasteiger partial charge in [0.2, 0.25) is 0 Å². The molecule has 0 radical (unpaired) electrons. The Balaban J connectivity index is 1.73. The van der Waals surface area contributed by atoms with Gasteiger partial charge < -0.3 is 20.3 Å². The summed E-state index contributed by atoms with van der Waals surface area (Å²) in [4.78, 5) is 12.1. The molecule has 0 fully saturated rings. The summed E-state index contributed by atoms with van der Waals surface area (Å²) in [7, 11) is 0. The minimum Gasteiger partial charge on any atom is -0.445 e. The van der Waals surface area contributed by atoms with E-state index in [-0.39, 0.29) is 13.2 Å². The number of thiophene rings is 1. The Kier molecular flexibility index (Phi) is 6.21. The number of alkyl carbamates (subject to hydrolysis) is 1. The highest BCUT2D eigenvalue weighted by molar-refractivity contribution is 7.16. The van der Waals surface area contributed by atoms with Crippen LogP contribution in [-0.4, -0.2) is 29.0 Å². The maximum absolute atomic E-state index is 11.5. The highest BCUT2D eigenvalue weighted by atomic mass is 35.5. The van der Waals surface area contributed by atoms with Gasteiger partial charge in [0.25, 0.3) is 0 Å². The van der Waals surface area contributed by atoms with E-state index in [4.69, 9.17) is 16.3 Å². The minimum atomic E-state index is -1.14. The number of rotatable bonds is 6. The molecule has 0 aliphatic heterocycles. The number of halogens is 1. The molecular formula is C15H16ClNO4S. The van der Waals surface area contributed by atoms with Crippen LogP contribution in [0, 0.1) is 0 Å². The number of ether oxygens (including phenoxy) is 1. The zero-order valence-corrected chi connectivity index (χ0v) is 13.2. The predicted octanol–water partition coefficient (Wildman–Crippen LogP) is 2.72. The molecular weight excluding hydrogens is 326 g/mol. The van der Waals surface area contributed by atoms with Crippen LogP contribution in [0.15, 0.2) is 42.5 Å². The molecule has 7 heteroatoms. The standard InChI is InChI=1S/C15H16ClNO4S/c16-13-7-6-12(22-13)14(19)11(18)8-17-15(20)21-9-10-4-2-1-3-5-10/h1-7,11,14,18-19H,8-9H2,(H,17,20). The number of benzene rings is 1. The Hall–Kier alpha value is -1.60. The molecule has 2 aromatic rings. The van der Waals surface area contributed by atoms with Gasteiger partial charge in [0.15, 0.2) is 0 Å². The van der Waals surface area contributed by atoms with Crippen molar-refractivity contribution in [1.29, 1.82) is 0 Å². The van der Waals surface area contributed by atoms with Crippen LogP contribution in [0.3, 0.4) is 0 Å². The Morgan fingerprint density at radius 2 is 1.95 bits per heavy atom. The molecule has 1 aromatic heterocycles. The second-order valence-electron chi connectivity index (χ2n) is 4.60. The number of carbonyl (C=O) groups is 1. The Bertz CT molecular complexity index is 605. The third-order valence-corrected chi connectivity index (χ3v) is 4.22. The summed E-state index contributed by atoms with van der Waals surface area (Å²) in [6, 6.07) is 12.5. The van der Waals surface area contributed by atoms with E-state index in [0.717, 1.165) is 5.56 Å². The fourth-order valence-electron chi connectivity index (χ4n) is 1.75. The van der Waals surface area contributed by atoms with Gasteiger partial charge in [-0.3, -0.25) is 0 Å². The molecule has 1 heterocycles. The molecule has 0 saturated heterocycles. The van der Waals surface area contributed by atoms with Crippen molar-refractivity contribution in [2.75, 3.05) is 6.54 Å². The average molecular weight is 342 g/mol. The van der Waals surface area contributed by atoms with E-state index in [1.807, 2.05) is 30.3 Å². The van der Waals surface area contributed by atoms with E-state index in [1.165, 1.54) is 11.3 Å². The minimum absolute atomic E-state index is 0.121. The zero-order valence-electron chi connectivity index (χ0n) is 11.6. The highest BCUT2D eigenvalue weighted by Crippen LogP contribution is 2.28. The number of hydrogen-bond donors (Lipinski definition) is 3. The van der Waals surface area contributed by atoms with Crippen LogP contribution in [0.1, 0.15) is 16.5 Å². The van der Waals surface area contributed by atoms with Crippen LogP contribution in [0.5, 0.6) is 0 Å². The Labute approximate surface area is 137 Å². The molecule has 0 saturated carbocycles. The third-order valence-electron chi connectivity index (χ3n) is 2.92. The molecule has 22 heavy (non-hydrogen) atoms. The first-order valence-corrected chi connectivity index (χ1v) is 7.81. The summed E-state index contributed by atoms with van der Waals surface area (Å²) in [6.45, 7) is 0.0240. The summed E-state index contributed by atoms with van der Waals surface area (Å²) < 4.78 is 5.53. The van der Waals surface area contributed by atoms with Gasteiger partial charge >= 0.3 is 6.09 Å². The van der Waals surface area contributed by atoms with Gasteiger partial charge in [-0.05, 0) is 17.7 Å². The van der Waals surface area contributed by atoms with Crippen molar-refractivity contribution in [3.05, 3.63) is 57.2 Å². The largest absolute Gasteiger partial charge is 0.445 e. The van der Waals surface area contributed by atoms with Gasteiger partial charge in [0.05, 0.1) is 4.34 Å². The molecule has 0 bridgehead atoms.